The molecule has 1 rings (SSSR count). The lowest BCUT2D eigenvalue weighted by atomic mass is 10.2. The third-order valence-corrected chi connectivity index (χ3v) is 3.54. The van der Waals surface area contributed by atoms with Crippen LogP contribution in [0.15, 0.2) is 29.2 Å². The molecule has 0 radical (unpaired) electrons. The van der Waals surface area contributed by atoms with Gasteiger partial charge in [0.05, 0.1) is 11.9 Å². The Labute approximate surface area is 113 Å². The van der Waals surface area contributed by atoms with E-state index >= 15 is 0 Å². The van der Waals surface area contributed by atoms with E-state index in [0.29, 0.717) is 12.5 Å². The van der Waals surface area contributed by atoms with Crippen LogP contribution in [0.1, 0.15) is 26.3 Å². The Hall–Kier alpha value is -1.00. The average Bonchev–Trinajstić information content (AvgIpc) is 2.36. The summed E-state index contributed by atoms with van der Waals surface area (Å²) in [4.78, 5) is 12.8. The van der Waals surface area contributed by atoms with Gasteiger partial charge in [-0.15, -0.1) is 11.8 Å². The number of aliphatic hydroxyl groups is 1. The van der Waals surface area contributed by atoms with Gasteiger partial charge < -0.3 is 10.4 Å². The third-order valence-electron chi connectivity index (χ3n) is 2.45. The predicted octanol–water partition coefficient (Wildman–Crippen LogP) is 2.43. The predicted molar refractivity (Wildman–Crippen MR) is 75.5 cm³/mol. The molecular formula is C14H21NO2S. The van der Waals surface area contributed by atoms with Crippen molar-refractivity contribution in [3.05, 3.63) is 29.8 Å². The molecule has 0 heterocycles. The molecule has 1 aromatic rings. The monoisotopic (exact) mass is 267 g/mol. The zero-order valence-corrected chi connectivity index (χ0v) is 12.0. The van der Waals surface area contributed by atoms with Crippen molar-refractivity contribution in [1.82, 2.24) is 5.32 Å². The standard InChI is InChI=1S/C14H21NO2S/c1-10(2)8-15-14(17)11(3)18-13-6-4-5-12(7-13)9-16/h4-7,10-11,16H,8-9H2,1-3H3,(H,15,17). The van der Waals surface area contributed by atoms with E-state index in [4.69, 9.17) is 5.11 Å². The second-order valence-corrected chi connectivity index (χ2v) is 6.12. The first-order chi connectivity index (χ1) is 8.52. The topological polar surface area (TPSA) is 49.3 Å². The van der Waals surface area contributed by atoms with Crippen molar-refractivity contribution in [2.75, 3.05) is 6.54 Å². The van der Waals surface area contributed by atoms with E-state index in [1.165, 1.54) is 11.8 Å². The fourth-order valence-corrected chi connectivity index (χ4v) is 2.40. The third kappa shape index (κ3) is 5.10. The van der Waals surface area contributed by atoms with E-state index in [-0.39, 0.29) is 17.8 Å². The maximum atomic E-state index is 11.8. The number of carbonyl (C=O) groups excluding carboxylic acids is 1. The molecule has 0 saturated heterocycles. The van der Waals surface area contributed by atoms with Gasteiger partial charge in [-0.05, 0) is 30.5 Å². The Morgan fingerprint density at radius 1 is 1.39 bits per heavy atom. The molecule has 4 heteroatoms. The van der Waals surface area contributed by atoms with Crippen LogP contribution < -0.4 is 5.32 Å². The van der Waals surface area contributed by atoms with Crippen LogP contribution in [0.2, 0.25) is 0 Å². The van der Waals surface area contributed by atoms with Crippen LogP contribution in [0.4, 0.5) is 0 Å². The molecule has 0 aromatic heterocycles. The van der Waals surface area contributed by atoms with Crippen LogP contribution in [0.5, 0.6) is 0 Å². The summed E-state index contributed by atoms with van der Waals surface area (Å²) in [6.07, 6.45) is 0. The fourth-order valence-electron chi connectivity index (χ4n) is 1.42. The molecule has 0 fully saturated rings. The summed E-state index contributed by atoms with van der Waals surface area (Å²) in [6.45, 7) is 6.78. The number of hydrogen-bond donors (Lipinski definition) is 2. The van der Waals surface area contributed by atoms with Gasteiger partial charge in [0.25, 0.3) is 0 Å². The van der Waals surface area contributed by atoms with E-state index in [0.717, 1.165) is 10.5 Å². The molecule has 3 nitrogen and oxygen atoms in total. The SMILES string of the molecule is CC(C)CNC(=O)C(C)Sc1cccc(CO)c1. The summed E-state index contributed by atoms with van der Waals surface area (Å²) in [5.74, 6) is 0.520. The maximum Gasteiger partial charge on any atom is 0.233 e. The number of aliphatic hydroxyl groups excluding tert-OH is 1. The second-order valence-electron chi connectivity index (χ2n) is 4.70. The number of carbonyl (C=O) groups is 1. The van der Waals surface area contributed by atoms with Gasteiger partial charge in [0.2, 0.25) is 5.91 Å². The summed E-state index contributed by atoms with van der Waals surface area (Å²) in [5, 5.41) is 11.9. The van der Waals surface area contributed by atoms with Crippen molar-refractivity contribution < 1.29 is 9.90 Å². The van der Waals surface area contributed by atoms with E-state index < -0.39 is 0 Å². The van der Waals surface area contributed by atoms with E-state index in [9.17, 15) is 4.79 Å². The van der Waals surface area contributed by atoms with Crippen LogP contribution in [-0.4, -0.2) is 22.8 Å². The molecule has 0 saturated carbocycles. The van der Waals surface area contributed by atoms with Crippen LogP contribution in [-0.2, 0) is 11.4 Å². The Balaban J connectivity index is 2.52. The van der Waals surface area contributed by atoms with E-state index in [1.54, 1.807) is 0 Å². The summed E-state index contributed by atoms with van der Waals surface area (Å²) in [5.41, 5.74) is 0.870. The van der Waals surface area contributed by atoms with Crippen LogP contribution in [0.3, 0.4) is 0 Å². The van der Waals surface area contributed by atoms with Crippen molar-refractivity contribution in [3.8, 4) is 0 Å². The number of hydrogen-bond acceptors (Lipinski definition) is 3. The molecular weight excluding hydrogens is 246 g/mol. The molecule has 1 atom stereocenters. The van der Waals surface area contributed by atoms with Gasteiger partial charge in [-0.2, -0.15) is 0 Å². The molecule has 2 N–H and O–H groups in total. The van der Waals surface area contributed by atoms with Crippen molar-refractivity contribution in [2.45, 2.75) is 37.5 Å². The Morgan fingerprint density at radius 2 is 2.11 bits per heavy atom. The van der Waals surface area contributed by atoms with Crippen molar-refractivity contribution >= 4 is 17.7 Å². The smallest absolute Gasteiger partial charge is 0.233 e. The molecule has 0 aliphatic heterocycles. The Morgan fingerprint density at radius 3 is 2.72 bits per heavy atom. The molecule has 0 spiro atoms. The minimum atomic E-state index is -0.127. The molecule has 0 aliphatic rings. The van der Waals surface area contributed by atoms with E-state index in [1.807, 2.05) is 31.2 Å². The van der Waals surface area contributed by atoms with Gasteiger partial charge in [0.15, 0.2) is 0 Å². The van der Waals surface area contributed by atoms with Crippen molar-refractivity contribution in [3.63, 3.8) is 0 Å². The summed E-state index contributed by atoms with van der Waals surface area (Å²) in [7, 11) is 0. The Bertz CT molecular complexity index is 393. The van der Waals surface area contributed by atoms with Gasteiger partial charge >= 0.3 is 0 Å². The first-order valence-corrected chi connectivity index (χ1v) is 7.05. The molecule has 1 unspecified atom stereocenters. The summed E-state index contributed by atoms with van der Waals surface area (Å²) < 4.78 is 0. The highest BCUT2D eigenvalue weighted by Gasteiger charge is 2.14. The Kier molecular flexibility index (Phi) is 6.22. The molecule has 1 amide bonds. The molecule has 1 aromatic carbocycles. The number of rotatable bonds is 6. The lowest BCUT2D eigenvalue weighted by Crippen LogP contribution is -2.33. The molecule has 18 heavy (non-hydrogen) atoms. The normalized spacial score (nSPS) is 12.5. The van der Waals surface area contributed by atoms with Crippen LogP contribution in [0, 0.1) is 5.92 Å². The number of amides is 1. The van der Waals surface area contributed by atoms with Gasteiger partial charge in [-0.1, -0.05) is 26.0 Å². The van der Waals surface area contributed by atoms with Gasteiger partial charge in [-0.25, -0.2) is 0 Å². The highest BCUT2D eigenvalue weighted by atomic mass is 32.2. The van der Waals surface area contributed by atoms with Crippen molar-refractivity contribution in [1.29, 1.82) is 0 Å². The summed E-state index contributed by atoms with van der Waals surface area (Å²) >= 11 is 1.51. The maximum absolute atomic E-state index is 11.8. The quantitative estimate of drug-likeness (QED) is 0.778. The van der Waals surface area contributed by atoms with Gasteiger partial charge in [0, 0.05) is 11.4 Å². The van der Waals surface area contributed by atoms with Crippen LogP contribution in [0.25, 0.3) is 0 Å². The first-order valence-electron chi connectivity index (χ1n) is 6.17. The molecule has 0 aliphatic carbocycles. The first kappa shape index (κ1) is 15.1. The number of nitrogens with one attached hydrogen (secondary N) is 1. The van der Waals surface area contributed by atoms with Gasteiger partial charge in [-0.3, -0.25) is 4.79 Å². The van der Waals surface area contributed by atoms with E-state index in [2.05, 4.69) is 19.2 Å². The molecule has 0 bridgehead atoms. The molecule has 100 valence electrons. The zero-order valence-electron chi connectivity index (χ0n) is 11.1. The minimum absolute atomic E-state index is 0.0301. The summed E-state index contributed by atoms with van der Waals surface area (Å²) in [6, 6.07) is 7.63. The average molecular weight is 267 g/mol. The number of thioether (sulfide) groups is 1. The minimum Gasteiger partial charge on any atom is -0.392 e. The highest BCUT2D eigenvalue weighted by Crippen LogP contribution is 2.24. The lowest BCUT2D eigenvalue weighted by molar-refractivity contribution is -0.120. The van der Waals surface area contributed by atoms with Crippen molar-refractivity contribution in [2.24, 2.45) is 5.92 Å². The zero-order chi connectivity index (χ0) is 13.5. The second kappa shape index (κ2) is 7.44. The highest BCUT2D eigenvalue weighted by molar-refractivity contribution is 8.00. The number of benzene rings is 1. The fraction of sp³-hybridized carbons (Fsp3) is 0.500. The largest absolute Gasteiger partial charge is 0.392 e. The van der Waals surface area contributed by atoms with Crippen LogP contribution >= 0.6 is 11.8 Å². The van der Waals surface area contributed by atoms with Gasteiger partial charge in [0.1, 0.15) is 0 Å². The lowest BCUT2D eigenvalue weighted by Gasteiger charge is -2.13.